The van der Waals surface area contributed by atoms with Crippen LogP contribution in [0.15, 0.2) is 33.3 Å². The maximum Gasteiger partial charge on any atom is 0.222 e. The zero-order valence-electron chi connectivity index (χ0n) is 7.62. The van der Waals surface area contributed by atoms with Gasteiger partial charge in [-0.2, -0.15) is 0 Å². The van der Waals surface area contributed by atoms with Crippen LogP contribution in [0.5, 0.6) is 0 Å². The van der Waals surface area contributed by atoms with Crippen molar-refractivity contribution in [2.75, 3.05) is 5.73 Å². The van der Waals surface area contributed by atoms with E-state index in [1.165, 1.54) is 0 Å². The van der Waals surface area contributed by atoms with Crippen molar-refractivity contribution >= 4 is 21.8 Å². The second-order valence-corrected chi connectivity index (χ2v) is 3.84. The first-order valence-electron chi connectivity index (χ1n) is 4.16. The Morgan fingerprint density at radius 3 is 2.86 bits per heavy atom. The van der Waals surface area contributed by atoms with Crippen molar-refractivity contribution in [3.8, 4) is 11.3 Å². The van der Waals surface area contributed by atoms with Gasteiger partial charge in [-0.05, 0) is 28.4 Å². The number of nitrogens with zero attached hydrogens (tertiary/aromatic N) is 1. The molecule has 0 saturated carbocycles. The predicted octanol–water partition coefficient (Wildman–Crippen LogP) is 2.99. The molecular weight excluding hydrogens is 244 g/mol. The first kappa shape index (κ1) is 9.27. The third-order valence-electron chi connectivity index (χ3n) is 2.00. The number of aromatic nitrogens is 1. The predicted molar refractivity (Wildman–Crippen MR) is 58.8 cm³/mol. The van der Waals surface area contributed by atoms with E-state index < -0.39 is 0 Å². The molecular formula is C10H9BrN2O. The Morgan fingerprint density at radius 1 is 1.43 bits per heavy atom. The topological polar surface area (TPSA) is 52.0 Å². The maximum absolute atomic E-state index is 5.46. The van der Waals surface area contributed by atoms with Gasteiger partial charge < -0.3 is 10.3 Å². The standard InChI is InChI=1S/C10H9BrN2O/c1-6-3-2-4-7(10(6)11)8-5-9(12)14-13-8/h2-5H,12H2,1H3. The molecule has 2 N–H and O–H groups in total. The minimum absolute atomic E-state index is 0.327. The number of benzene rings is 1. The summed E-state index contributed by atoms with van der Waals surface area (Å²) in [6.45, 7) is 2.02. The molecule has 2 aromatic rings. The van der Waals surface area contributed by atoms with Crippen LogP contribution in [0.1, 0.15) is 5.56 Å². The summed E-state index contributed by atoms with van der Waals surface area (Å²) in [5.74, 6) is 0.327. The maximum atomic E-state index is 5.46. The summed E-state index contributed by atoms with van der Waals surface area (Å²) in [5, 5.41) is 3.86. The molecule has 0 radical (unpaired) electrons. The molecule has 0 saturated heterocycles. The number of hydrogen-bond donors (Lipinski definition) is 1. The van der Waals surface area contributed by atoms with Gasteiger partial charge in [-0.3, -0.25) is 0 Å². The Labute approximate surface area is 90.0 Å². The summed E-state index contributed by atoms with van der Waals surface area (Å²) in [7, 11) is 0. The van der Waals surface area contributed by atoms with E-state index in [1.54, 1.807) is 6.07 Å². The van der Waals surface area contributed by atoms with Crippen LogP contribution in [0.2, 0.25) is 0 Å². The van der Waals surface area contributed by atoms with Gasteiger partial charge in [-0.15, -0.1) is 0 Å². The van der Waals surface area contributed by atoms with E-state index in [0.29, 0.717) is 5.88 Å². The molecule has 0 amide bonds. The third kappa shape index (κ3) is 1.53. The van der Waals surface area contributed by atoms with E-state index in [0.717, 1.165) is 21.3 Å². The van der Waals surface area contributed by atoms with Crippen LogP contribution in [-0.2, 0) is 0 Å². The second-order valence-electron chi connectivity index (χ2n) is 3.05. The summed E-state index contributed by atoms with van der Waals surface area (Å²) in [6, 6.07) is 7.67. The molecule has 0 aliphatic heterocycles. The fourth-order valence-electron chi connectivity index (χ4n) is 1.26. The van der Waals surface area contributed by atoms with E-state index in [-0.39, 0.29) is 0 Å². The van der Waals surface area contributed by atoms with Gasteiger partial charge in [0.25, 0.3) is 0 Å². The molecule has 0 aliphatic carbocycles. The van der Waals surface area contributed by atoms with Gasteiger partial charge >= 0.3 is 0 Å². The third-order valence-corrected chi connectivity index (χ3v) is 3.05. The number of aryl methyl sites for hydroxylation is 1. The minimum atomic E-state index is 0.327. The molecule has 1 heterocycles. The molecule has 72 valence electrons. The van der Waals surface area contributed by atoms with Crippen LogP contribution >= 0.6 is 15.9 Å². The molecule has 1 aromatic carbocycles. The molecule has 2 rings (SSSR count). The van der Waals surface area contributed by atoms with Gasteiger partial charge in [0, 0.05) is 16.1 Å². The summed E-state index contributed by atoms with van der Waals surface area (Å²) in [6.07, 6.45) is 0. The van der Waals surface area contributed by atoms with Crippen molar-refractivity contribution < 1.29 is 4.52 Å². The van der Waals surface area contributed by atoms with E-state index in [2.05, 4.69) is 21.1 Å². The van der Waals surface area contributed by atoms with Crippen molar-refractivity contribution in [3.63, 3.8) is 0 Å². The highest BCUT2D eigenvalue weighted by molar-refractivity contribution is 9.10. The molecule has 0 aliphatic rings. The van der Waals surface area contributed by atoms with Gasteiger partial charge in [-0.1, -0.05) is 23.4 Å². The van der Waals surface area contributed by atoms with Crippen molar-refractivity contribution in [2.24, 2.45) is 0 Å². The number of rotatable bonds is 1. The van der Waals surface area contributed by atoms with Crippen LogP contribution in [-0.4, -0.2) is 5.16 Å². The van der Waals surface area contributed by atoms with E-state index >= 15 is 0 Å². The molecule has 0 atom stereocenters. The van der Waals surface area contributed by atoms with Gasteiger partial charge in [0.15, 0.2) is 0 Å². The van der Waals surface area contributed by atoms with Crippen LogP contribution in [0.25, 0.3) is 11.3 Å². The van der Waals surface area contributed by atoms with Crippen molar-refractivity contribution in [2.45, 2.75) is 6.92 Å². The highest BCUT2D eigenvalue weighted by Crippen LogP contribution is 2.30. The molecule has 4 heteroatoms. The highest BCUT2D eigenvalue weighted by Gasteiger charge is 2.08. The molecule has 0 spiro atoms. The van der Waals surface area contributed by atoms with Crippen LogP contribution in [0.3, 0.4) is 0 Å². The number of hydrogen-bond acceptors (Lipinski definition) is 3. The minimum Gasteiger partial charge on any atom is -0.368 e. The zero-order chi connectivity index (χ0) is 10.1. The lowest BCUT2D eigenvalue weighted by Crippen LogP contribution is -1.82. The fourth-order valence-corrected chi connectivity index (χ4v) is 1.73. The van der Waals surface area contributed by atoms with Crippen molar-refractivity contribution in [3.05, 3.63) is 34.3 Å². The number of halogens is 1. The molecule has 3 nitrogen and oxygen atoms in total. The van der Waals surface area contributed by atoms with E-state index in [4.69, 9.17) is 10.3 Å². The Hall–Kier alpha value is -1.29. The quantitative estimate of drug-likeness (QED) is 0.849. The Morgan fingerprint density at radius 2 is 2.21 bits per heavy atom. The smallest absolute Gasteiger partial charge is 0.222 e. The molecule has 1 aromatic heterocycles. The van der Waals surface area contributed by atoms with Crippen LogP contribution in [0, 0.1) is 6.92 Å². The highest BCUT2D eigenvalue weighted by atomic mass is 79.9. The number of nitrogens with two attached hydrogens (primary N) is 1. The Balaban J connectivity index is 2.57. The Kier molecular flexibility index (Phi) is 2.29. The molecule has 14 heavy (non-hydrogen) atoms. The molecule has 0 bridgehead atoms. The van der Waals surface area contributed by atoms with E-state index in [1.807, 2.05) is 25.1 Å². The van der Waals surface area contributed by atoms with Crippen molar-refractivity contribution in [1.82, 2.24) is 5.16 Å². The largest absolute Gasteiger partial charge is 0.368 e. The average Bonchev–Trinajstić information content (AvgIpc) is 2.57. The first-order valence-corrected chi connectivity index (χ1v) is 4.95. The van der Waals surface area contributed by atoms with Gasteiger partial charge in [0.05, 0.1) is 0 Å². The number of anilines is 1. The SMILES string of the molecule is Cc1cccc(-c2cc(N)on2)c1Br. The second kappa shape index (κ2) is 3.46. The normalized spacial score (nSPS) is 10.4. The summed E-state index contributed by atoms with van der Waals surface area (Å²) >= 11 is 3.50. The lowest BCUT2D eigenvalue weighted by atomic mass is 10.1. The lowest BCUT2D eigenvalue weighted by molar-refractivity contribution is 0.439. The summed E-state index contributed by atoms with van der Waals surface area (Å²) in [5.41, 5.74) is 8.36. The van der Waals surface area contributed by atoms with Gasteiger partial charge in [0.2, 0.25) is 5.88 Å². The first-order chi connectivity index (χ1) is 6.68. The van der Waals surface area contributed by atoms with Crippen molar-refractivity contribution in [1.29, 1.82) is 0 Å². The molecule has 0 unspecified atom stereocenters. The lowest BCUT2D eigenvalue weighted by Gasteiger charge is -2.02. The number of nitrogen functional groups attached to an aromatic ring is 1. The summed E-state index contributed by atoms with van der Waals surface area (Å²) < 4.78 is 5.84. The monoisotopic (exact) mass is 252 g/mol. The van der Waals surface area contributed by atoms with E-state index in [9.17, 15) is 0 Å². The average molecular weight is 253 g/mol. The van der Waals surface area contributed by atoms with Gasteiger partial charge in [0.1, 0.15) is 5.69 Å². The molecule has 0 fully saturated rings. The summed E-state index contributed by atoms with van der Waals surface area (Å²) in [4.78, 5) is 0. The van der Waals surface area contributed by atoms with Crippen LogP contribution < -0.4 is 5.73 Å². The Bertz CT molecular complexity index is 465. The fraction of sp³-hybridized carbons (Fsp3) is 0.100. The zero-order valence-corrected chi connectivity index (χ0v) is 9.21. The van der Waals surface area contributed by atoms with Crippen LogP contribution in [0.4, 0.5) is 5.88 Å². The van der Waals surface area contributed by atoms with Gasteiger partial charge in [-0.25, -0.2) is 0 Å².